The van der Waals surface area contributed by atoms with Crippen LogP contribution in [0.15, 0.2) is 27.9 Å². The van der Waals surface area contributed by atoms with Crippen LogP contribution in [0, 0.1) is 0 Å². The maximum absolute atomic E-state index is 13.2. The smallest absolute Gasteiger partial charge is 0.262 e. The molecule has 13 nitrogen and oxygen atoms in total. The van der Waals surface area contributed by atoms with Gasteiger partial charge in [0.25, 0.3) is 15.7 Å². The Morgan fingerprint density at radius 1 is 1.10 bits per heavy atom. The maximum Gasteiger partial charge on any atom is 0.262 e. The van der Waals surface area contributed by atoms with E-state index in [0.29, 0.717) is 47.5 Å². The van der Waals surface area contributed by atoms with Gasteiger partial charge in [-0.15, -0.1) is 0 Å². The molecule has 1 aliphatic rings. The van der Waals surface area contributed by atoms with E-state index in [1.807, 2.05) is 19.0 Å². The standard InChI is InChI=1S/C24H34N6O4S.CH4O3S/c1-28(2)13-14-29(3)35(32,33)17-11-12-18(19(15-17)34-5)22-25-23-20(24(31)26-22)21(27-30(23)4)16-9-7-6-8-10-16;1-5(2,3)4/h11-12,15-16H,6-10,13-14H2,1-5H3,(H,25,26,31);1H3,(H,2,3,4). The monoisotopic (exact) mass is 598 g/mol. The molecule has 2 aromatic heterocycles. The molecule has 0 radical (unpaired) electrons. The average molecular weight is 599 g/mol. The molecule has 0 spiro atoms. The number of likely N-dealkylation sites (N-methyl/N-ethyl adjacent to an activating group) is 2. The lowest BCUT2D eigenvalue weighted by Gasteiger charge is -2.20. The first-order valence-electron chi connectivity index (χ1n) is 12.8. The Morgan fingerprint density at radius 3 is 2.30 bits per heavy atom. The summed E-state index contributed by atoms with van der Waals surface area (Å²) in [6.45, 7) is 0.957. The number of H-pyrrole nitrogens is 1. The van der Waals surface area contributed by atoms with Gasteiger partial charge >= 0.3 is 0 Å². The maximum atomic E-state index is 13.2. The van der Waals surface area contributed by atoms with E-state index < -0.39 is 20.1 Å². The fraction of sp³-hybridized carbons (Fsp3) is 0.560. The summed E-state index contributed by atoms with van der Waals surface area (Å²) in [5, 5.41) is 5.19. The van der Waals surface area contributed by atoms with Crippen LogP contribution in [0.2, 0.25) is 0 Å². The summed E-state index contributed by atoms with van der Waals surface area (Å²) < 4.78 is 60.5. The molecule has 2 heterocycles. The van der Waals surface area contributed by atoms with Gasteiger partial charge < -0.3 is 14.6 Å². The number of aryl methyl sites for hydroxylation is 1. The van der Waals surface area contributed by atoms with Gasteiger partial charge in [-0.2, -0.15) is 17.8 Å². The molecule has 0 amide bonds. The SMILES string of the molecule is COc1cc(S(=O)(=O)N(C)CCN(C)C)ccc1-c1nc2c(c(C3CCCCC3)nn2C)c(=O)[nH]1.CS(=O)(=O)O. The van der Waals surface area contributed by atoms with Crippen LogP contribution < -0.4 is 10.3 Å². The Kier molecular flexibility index (Phi) is 10.1. The predicted molar refractivity (Wildman–Crippen MR) is 153 cm³/mol. The van der Waals surface area contributed by atoms with Crippen LogP contribution in [-0.4, -0.2) is 97.9 Å². The summed E-state index contributed by atoms with van der Waals surface area (Å²) in [7, 11) is 1.23. The van der Waals surface area contributed by atoms with Crippen molar-refractivity contribution < 1.29 is 26.1 Å². The van der Waals surface area contributed by atoms with Gasteiger partial charge in [0, 0.05) is 39.2 Å². The Labute approximate surface area is 235 Å². The number of fused-ring (bicyclic) bond motifs is 1. The van der Waals surface area contributed by atoms with Crippen molar-refractivity contribution in [2.24, 2.45) is 7.05 Å². The zero-order valence-corrected chi connectivity index (χ0v) is 25.3. The predicted octanol–water partition coefficient (Wildman–Crippen LogP) is 2.07. The average Bonchev–Trinajstić information content (AvgIpc) is 3.23. The summed E-state index contributed by atoms with van der Waals surface area (Å²) >= 11 is 0. The minimum absolute atomic E-state index is 0.114. The van der Waals surface area contributed by atoms with E-state index in [0.717, 1.165) is 31.4 Å². The lowest BCUT2D eigenvalue weighted by molar-refractivity contribution is 0.358. The summed E-state index contributed by atoms with van der Waals surface area (Å²) in [6.07, 6.45) is 6.27. The molecule has 0 bridgehead atoms. The van der Waals surface area contributed by atoms with Crippen LogP contribution in [0.25, 0.3) is 22.4 Å². The lowest BCUT2D eigenvalue weighted by Crippen LogP contribution is -2.33. The molecule has 40 heavy (non-hydrogen) atoms. The van der Waals surface area contributed by atoms with Crippen LogP contribution >= 0.6 is 0 Å². The second-order valence-corrected chi connectivity index (χ2v) is 13.7. The number of benzene rings is 1. The second-order valence-electron chi connectivity index (χ2n) is 10.2. The first-order chi connectivity index (χ1) is 18.6. The molecule has 1 aromatic carbocycles. The Balaban J connectivity index is 0.000000810. The summed E-state index contributed by atoms with van der Waals surface area (Å²) in [6, 6.07) is 4.60. The number of aromatic nitrogens is 4. The van der Waals surface area contributed by atoms with Crippen LogP contribution in [0.1, 0.15) is 43.7 Å². The molecule has 0 aliphatic heterocycles. The van der Waals surface area contributed by atoms with E-state index in [1.54, 1.807) is 24.8 Å². The summed E-state index contributed by atoms with van der Waals surface area (Å²) in [5.74, 6) is 0.886. The number of hydrogen-bond donors (Lipinski definition) is 2. The highest BCUT2D eigenvalue weighted by molar-refractivity contribution is 7.89. The quantitative estimate of drug-likeness (QED) is 0.366. The molecule has 3 aromatic rings. The van der Waals surface area contributed by atoms with Crippen LogP contribution in [0.3, 0.4) is 0 Å². The van der Waals surface area contributed by atoms with Gasteiger partial charge in [0.1, 0.15) is 17.0 Å². The van der Waals surface area contributed by atoms with Crippen LogP contribution in [0.5, 0.6) is 5.75 Å². The van der Waals surface area contributed by atoms with Gasteiger partial charge in [0.05, 0.1) is 29.5 Å². The Hall–Kier alpha value is -2.85. The molecule has 222 valence electrons. The van der Waals surface area contributed by atoms with Crippen molar-refractivity contribution in [1.82, 2.24) is 29.0 Å². The van der Waals surface area contributed by atoms with Gasteiger partial charge in [0.15, 0.2) is 5.65 Å². The van der Waals surface area contributed by atoms with E-state index in [4.69, 9.17) is 14.3 Å². The zero-order chi connectivity index (χ0) is 29.8. The largest absolute Gasteiger partial charge is 0.496 e. The normalized spacial score (nSPS) is 14.9. The molecular formula is C25H38N6O7S2. The number of hydrogen-bond acceptors (Lipinski definition) is 9. The minimum atomic E-state index is -3.70. The third-order valence-electron chi connectivity index (χ3n) is 6.71. The Morgan fingerprint density at radius 2 is 1.73 bits per heavy atom. The first kappa shape index (κ1) is 31.7. The van der Waals surface area contributed by atoms with E-state index in [1.165, 1.54) is 30.0 Å². The Bertz CT molecular complexity index is 1600. The number of sulfonamides is 1. The highest BCUT2D eigenvalue weighted by atomic mass is 32.2. The molecule has 1 saturated carbocycles. The third-order valence-corrected chi connectivity index (χ3v) is 8.56. The molecule has 4 rings (SSSR count). The van der Waals surface area contributed by atoms with Crippen molar-refractivity contribution in [3.8, 4) is 17.1 Å². The fourth-order valence-corrected chi connectivity index (χ4v) is 5.82. The summed E-state index contributed by atoms with van der Waals surface area (Å²) in [5.41, 5.74) is 1.57. The van der Waals surface area contributed by atoms with Gasteiger partial charge in [0.2, 0.25) is 10.0 Å². The molecule has 2 N–H and O–H groups in total. The van der Waals surface area contributed by atoms with E-state index >= 15 is 0 Å². The van der Waals surface area contributed by atoms with Crippen molar-refractivity contribution in [2.75, 3.05) is 47.6 Å². The first-order valence-corrected chi connectivity index (χ1v) is 16.1. The van der Waals surface area contributed by atoms with E-state index in [9.17, 15) is 21.6 Å². The van der Waals surface area contributed by atoms with Gasteiger partial charge in [-0.1, -0.05) is 19.3 Å². The van der Waals surface area contributed by atoms with Crippen molar-refractivity contribution in [3.63, 3.8) is 0 Å². The second kappa shape index (κ2) is 12.8. The molecule has 0 atom stereocenters. The molecule has 1 aliphatic carbocycles. The molecule has 1 fully saturated rings. The van der Waals surface area contributed by atoms with Crippen molar-refractivity contribution in [3.05, 3.63) is 34.2 Å². The van der Waals surface area contributed by atoms with Gasteiger partial charge in [-0.25, -0.2) is 18.1 Å². The fourth-order valence-electron chi connectivity index (χ4n) is 4.64. The zero-order valence-electron chi connectivity index (χ0n) is 23.7. The number of nitrogens with zero attached hydrogens (tertiary/aromatic N) is 5. The number of nitrogens with one attached hydrogen (secondary N) is 1. The number of rotatable bonds is 8. The van der Waals surface area contributed by atoms with Gasteiger partial charge in [-0.05, 0) is 39.1 Å². The minimum Gasteiger partial charge on any atom is -0.496 e. The van der Waals surface area contributed by atoms with E-state index in [-0.39, 0.29) is 16.4 Å². The number of ether oxygens (including phenoxy) is 1. The van der Waals surface area contributed by atoms with E-state index in [2.05, 4.69) is 10.1 Å². The summed E-state index contributed by atoms with van der Waals surface area (Å²) in [4.78, 5) is 22.8. The number of aromatic amines is 1. The third kappa shape index (κ3) is 7.66. The molecular weight excluding hydrogens is 560 g/mol. The molecule has 0 unspecified atom stereocenters. The lowest BCUT2D eigenvalue weighted by atomic mass is 9.86. The van der Waals surface area contributed by atoms with Crippen molar-refractivity contribution in [2.45, 2.75) is 42.9 Å². The molecule has 15 heteroatoms. The van der Waals surface area contributed by atoms with Crippen LogP contribution in [0.4, 0.5) is 0 Å². The van der Waals surface area contributed by atoms with Crippen LogP contribution in [-0.2, 0) is 27.2 Å². The van der Waals surface area contributed by atoms with Gasteiger partial charge in [-0.3, -0.25) is 9.35 Å². The highest BCUT2D eigenvalue weighted by Crippen LogP contribution is 2.35. The van der Waals surface area contributed by atoms with Crippen molar-refractivity contribution in [1.29, 1.82) is 0 Å². The molecule has 0 saturated heterocycles. The highest BCUT2D eigenvalue weighted by Gasteiger charge is 2.26. The topological polar surface area (TPSA) is 168 Å². The number of methoxy groups -OCH3 is 1. The van der Waals surface area contributed by atoms with Crippen molar-refractivity contribution >= 4 is 31.2 Å².